The Morgan fingerprint density at radius 1 is 0.288 bits per heavy atom. The minimum Gasteiger partial charge on any atom is -0.462 e. The fraction of sp³-hybridized carbons (Fsp3) is 0.883. The van der Waals surface area contributed by atoms with E-state index in [-0.39, 0.29) is 31.1 Å². The highest BCUT2D eigenvalue weighted by Crippen LogP contribution is 2.17. The largest absolute Gasteiger partial charge is 0.462 e. The third-order valence-corrected chi connectivity index (χ3v) is 13.2. The number of unbranched alkanes of at least 4 members (excludes halogenated alkanes) is 39. The second-order valence-electron chi connectivity index (χ2n) is 19.9. The Bertz CT molecular complexity index is 1070. The van der Waals surface area contributed by atoms with Gasteiger partial charge in [0.1, 0.15) is 13.2 Å². The fourth-order valence-electron chi connectivity index (χ4n) is 8.72. The maximum absolute atomic E-state index is 12.8. The van der Waals surface area contributed by atoms with Crippen LogP contribution in [0.15, 0.2) is 24.3 Å². The van der Waals surface area contributed by atoms with Gasteiger partial charge in [0.05, 0.1) is 0 Å². The van der Waals surface area contributed by atoms with Crippen molar-refractivity contribution in [1.82, 2.24) is 0 Å². The lowest BCUT2D eigenvalue weighted by atomic mass is 10.0. The van der Waals surface area contributed by atoms with Crippen LogP contribution < -0.4 is 0 Å². The third kappa shape index (κ3) is 52.9. The molecule has 0 amide bonds. The van der Waals surface area contributed by atoms with Gasteiger partial charge in [-0.25, -0.2) is 0 Å². The Morgan fingerprint density at radius 2 is 0.545 bits per heavy atom. The zero-order valence-corrected chi connectivity index (χ0v) is 44.5. The molecule has 0 bridgehead atoms. The minimum absolute atomic E-state index is 0.0736. The fourth-order valence-corrected chi connectivity index (χ4v) is 8.72. The van der Waals surface area contributed by atoms with Crippen LogP contribution in [-0.2, 0) is 28.6 Å². The number of hydrogen-bond acceptors (Lipinski definition) is 6. The summed E-state index contributed by atoms with van der Waals surface area (Å²) in [6.07, 6.45) is 64.9. The average molecular weight is 930 g/mol. The first-order valence-corrected chi connectivity index (χ1v) is 29.3. The summed E-state index contributed by atoms with van der Waals surface area (Å²) < 4.78 is 16.8. The van der Waals surface area contributed by atoms with Crippen LogP contribution in [-0.4, -0.2) is 37.2 Å². The monoisotopic (exact) mass is 929 g/mol. The maximum atomic E-state index is 12.8. The predicted octanol–water partition coefficient (Wildman–Crippen LogP) is 19.5. The van der Waals surface area contributed by atoms with E-state index in [0.717, 1.165) is 83.5 Å². The molecule has 1 atom stereocenters. The van der Waals surface area contributed by atoms with E-state index in [4.69, 9.17) is 14.2 Å². The lowest BCUT2D eigenvalue weighted by Gasteiger charge is -2.18. The lowest BCUT2D eigenvalue weighted by molar-refractivity contribution is -0.167. The summed E-state index contributed by atoms with van der Waals surface area (Å²) >= 11 is 0. The van der Waals surface area contributed by atoms with Crippen LogP contribution in [0.3, 0.4) is 0 Å². The molecule has 0 heterocycles. The first kappa shape index (κ1) is 63.9. The molecule has 0 saturated heterocycles. The molecule has 6 nitrogen and oxygen atoms in total. The van der Waals surface area contributed by atoms with Gasteiger partial charge in [-0.05, 0) is 57.8 Å². The van der Waals surface area contributed by atoms with Crippen molar-refractivity contribution in [2.75, 3.05) is 13.2 Å². The first-order chi connectivity index (χ1) is 32.5. The number of ether oxygens (including phenoxy) is 3. The molecular weight excluding hydrogens is 817 g/mol. The van der Waals surface area contributed by atoms with E-state index >= 15 is 0 Å². The SMILES string of the molecule is CCC/C=C\CCCCCCCC(=O)OCC(COC(=O)CCCCCCCCCCCCCCCCCCCCCCCCCCCCC)OC(=O)CCCCCCC/C=C\CCCC. The summed E-state index contributed by atoms with van der Waals surface area (Å²) in [6.45, 7) is 6.56. The van der Waals surface area contributed by atoms with Gasteiger partial charge in [0.25, 0.3) is 0 Å². The topological polar surface area (TPSA) is 78.9 Å². The van der Waals surface area contributed by atoms with Crippen molar-refractivity contribution in [1.29, 1.82) is 0 Å². The van der Waals surface area contributed by atoms with E-state index in [9.17, 15) is 14.4 Å². The molecule has 0 aliphatic carbocycles. The Balaban J connectivity index is 4.06. The van der Waals surface area contributed by atoms with Crippen molar-refractivity contribution in [2.24, 2.45) is 0 Å². The molecule has 0 fully saturated rings. The van der Waals surface area contributed by atoms with Crippen LogP contribution >= 0.6 is 0 Å². The normalized spacial score (nSPS) is 12.1. The molecule has 0 aliphatic rings. The standard InChI is InChI=1S/C60H112O6/c1-4-7-10-13-16-19-22-23-24-25-26-27-28-29-30-31-32-33-34-35-36-37-39-41-44-47-50-53-59(62)65-56-57(55-64-58(61)52-49-46-43-40-21-18-15-12-9-6-3)66-60(63)54-51-48-45-42-38-20-17-14-11-8-5-2/h12,14-15,17,57H,4-11,13,16,18-56H2,1-3H3/b15-12-,17-14-. The molecule has 1 unspecified atom stereocenters. The number of carbonyl (C=O) groups is 3. The molecule has 0 saturated carbocycles. The third-order valence-electron chi connectivity index (χ3n) is 13.2. The van der Waals surface area contributed by atoms with Crippen molar-refractivity contribution < 1.29 is 28.6 Å². The van der Waals surface area contributed by atoms with Crippen LogP contribution in [0.25, 0.3) is 0 Å². The van der Waals surface area contributed by atoms with E-state index in [1.54, 1.807) is 0 Å². The Hall–Kier alpha value is -2.11. The molecule has 0 spiro atoms. The second kappa shape index (κ2) is 55.5. The zero-order chi connectivity index (χ0) is 47.9. The smallest absolute Gasteiger partial charge is 0.306 e. The Morgan fingerprint density at radius 3 is 0.864 bits per heavy atom. The Labute approximate surface area is 411 Å². The van der Waals surface area contributed by atoms with Gasteiger partial charge in [-0.2, -0.15) is 0 Å². The van der Waals surface area contributed by atoms with Crippen molar-refractivity contribution in [3.05, 3.63) is 24.3 Å². The van der Waals surface area contributed by atoms with Crippen molar-refractivity contribution >= 4 is 17.9 Å². The van der Waals surface area contributed by atoms with Crippen LogP contribution in [0.4, 0.5) is 0 Å². The van der Waals surface area contributed by atoms with Gasteiger partial charge in [0.15, 0.2) is 6.10 Å². The van der Waals surface area contributed by atoms with Crippen molar-refractivity contribution in [2.45, 2.75) is 329 Å². The molecule has 0 aromatic carbocycles. The van der Waals surface area contributed by atoms with E-state index < -0.39 is 6.10 Å². The molecule has 0 rings (SSSR count). The first-order valence-electron chi connectivity index (χ1n) is 29.3. The zero-order valence-electron chi connectivity index (χ0n) is 44.5. The van der Waals surface area contributed by atoms with Crippen LogP contribution in [0, 0.1) is 0 Å². The van der Waals surface area contributed by atoms with Gasteiger partial charge in [-0.15, -0.1) is 0 Å². The molecular formula is C60H112O6. The number of esters is 3. The predicted molar refractivity (Wildman–Crippen MR) is 284 cm³/mol. The van der Waals surface area contributed by atoms with Crippen LogP contribution in [0.2, 0.25) is 0 Å². The van der Waals surface area contributed by atoms with Gasteiger partial charge < -0.3 is 14.2 Å². The summed E-state index contributed by atoms with van der Waals surface area (Å²) in [5.74, 6) is -0.880. The number of allylic oxidation sites excluding steroid dienone is 4. The highest BCUT2D eigenvalue weighted by molar-refractivity contribution is 5.71. The summed E-state index contributed by atoms with van der Waals surface area (Å²) in [7, 11) is 0. The number of hydrogen-bond donors (Lipinski definition) is 0. The molecule has 388 valence electrons. The highest BCUT2D eigenvalue weighted by atomic mass is 16.6. The van der Waals surface area contributed by atoms with E-state index in [1.807, 2.05) is 0 Å². The van der Waals surface area contributed by atoms with Gasteiger partial charge in [0, 0.05) is 19.3 Å². The van der Waals surface area contributed by atoms with E-state index in [0.29, 0.717) is 19.3 Å². The van der Waals surface area contributed by atoms with Crippen LogP contribution in [0.5, 0.6) is 0 Å². The van der Waals surface area contributed by atoms with E-state index in [1.165, 1.54) is 199 Å². The van der Waals surface area contributed by atoms with Gasteiger partial charge in [0.2, 0.25) is 0 Å². The summed E-state index contributed by atoms with van der Waals surface area (Å²) in [5.41, 5.74) is 0. The number of rotatable bonds is 54. The average Bonchev–Trinajstić information content (AvgIpc) is 3.31. The molecule has 0 aromatic heterocycles. The lowest BCUT2D eigenvalue weighted by Crippen LogP contribution is -2.30. The van der Waals surface area contributed by atoms with Crippen molar-refractivity contribution in [3.63, 3.8) is 0 Å². The van der Waals surface area contributed by atoms with E-state index in [2.05, 4.69) is 45.1 Å². The summed E-state index contributed by atoms with van der Waals surface area (Å²) in [5, 5.41) is 0. The summed E-state index contributed by atoms with van der Waals surface area (Å²) in [4.78, 5) is 37.9. The van der Waals surface area contributed by atoms with Gasteiger partial charge in [-0.1, -0.05) is 270 Å². The number of carbonyl (C=O) groups excluding carboxylic acids is 3. The molecule has 0 aromatic rings. The molecule has 0 N–H and O–H groups in total. The molecule has 6 heteroatoms. The molecule has 0 aliphatic heterocycles. The van der Waals surface area contributed by atoms with Gasteiger partial charge in [-0.3, -0.25) is 14.4 Å². The quantitative estimate of drug-likeness (QED) is 0.0262. The summed E-state index contributed by atoms with van der Waals surface area (Å²) in [6, 6.07) is 0. The van der Waals surface area contributed by atoms with Crippen LogP contribution in [0.1, 0.15) is 323 Å². The molecule has 0 radical (unpaired) electrons. The van der Waals surface area contributed by atoms with Gasteiger partial charge >= 0.3 is 17.9 Å². The Kier molecular flexibility index (Phi) is 53.7. The highest BCUT2D eigenvalue weighted by Gasteiger charge is 2.19. The maximum Gasteiger partial charge on any atom is 0.306 e. The molecule has 66 heavy (non-hydrogen) atoms. The second-order valence-corrected chi connectivity index (χ2v) is 19.9. The minimum atomic E-state index is -0.774. The van der Waals surface area contributed by atoms with Crippen molar-refractivity contribution in [3.8, 4) is 0 Å².